The number of nitrogens with zero attached hydrogens (tertiary/aromatic N) is 1. The molecule has 1 aromatic heterocycles. The van der Waals surface area contributed by atoms with E-state index in [-0.39, 0.29) is 11.7 Å². The second-order valence-corrected chi connectivity index (χ2v) is 7.10. The Morgan fingerprint density at radius 1 is 1.26 bits per heavy atom. The third-order valence-electron chi connectivity index (χ3n) is 3.48. The molecule has 0 fully saturated rings. The topological polar surface area (TPSA) is 108 Å². The van der Waals surface area contributed by atoms with Crippen molar-refractivity contribution in [3.05, 3.63) is 24.3 Å². The molecule has 0 saturated carbocycles. The molecule has 0 bridgehead atoms. The Hall–Kier alpha value is -2.55. The fraction of sp³-hybridized carbons (Fsp3) is 0.444. The van der Waals surface area contributed by atoms with Gasteiger partial charge in [0.25, 0.3) is 11.1 Å². The van der Waals surface area contributed by atoms with Crippen molar-refractivity contribution in [3.8, 4) is 0 Å². The number of methoxy groups -OCH3 is 1. The largest absolute Gasteiger partial charge is 0.467 e. The fourth-order valence-corrected chi connectivity index (χ4v) is 2.92. The number of benzene rings is 1. The van der Waals surface area contributed by atoms with Gasteiger partial charge in [0.15, 0.2) is 12.2 Å². The molecule has 0 unspecified atom stereocenters. The number of fused-ring (bicyclic) bond motifs is 1. The Bertz CT molecular complexity index is 771. The Morgan fingerprint density at radius 3 is 2.67 bits per heavy atom. The molecular weight excluding hydrogens is 372 g/mol. The van der Waals surface area contributed by atoms with Crippen molar-refractivity contribution in [3.63, 3.8) is 0 Å². The molecule has 2 aromatic rings. The molecular formula is C18H22N2O6S. The first-order chi connectivity index (χ1) is 12.9. The van der Waals surface area contributed by atoms with Gasteiger partial charge in [0.05, 0.1) is 7.11 Å². The van der Waals surface area contributed by atoms with Crippen molar-refractivity contribution in [2.75, 3.05) is 19.5 Å². The van der Waals surface area contributed by atoms with Crippen LogP contribution in [0.5, 0.6) is 0 Å². The van der Waals surface area contributed by atoms with Gasteiger partial charge < -0.3 is 19.2 Å². The van der Waals surface area contributed by atoms with E-state index in [1.807, 2.05) is 26.0 Å². The van der Waals surface area contributed by atoms with Crippen LogP contribution >= 0.6 is 11.8 Å². The van der Waals surface area contributed by atoms with Crippen molar-refractivity contribution < 1.29 is 28.3 Å². The number of oxazole rings is 1. The van der Waals surface area contributed by atoms with Gasteiger partial charge in [-0.3, -0.25) is 9.59 Å². The van der Waals surface area contributed by atoms with Gasteiger partial charge in [0.1, 0.15) is 17.3 Å². The van der Waals surface area contributed by atoms with Crippen LogP contribution in [0.2, 0.25) is 0 Å². The average Bonchev–Trinajstić information content (AvgIpc) is 3.06. The number of thioether (sulfide) groups is 1. The third-order valence-corrected chi connectivity index (χ3v) is 4.28. The normalized spacial score (nSPS) is 12.0. The van der Waals surface area contributed by atoms with Gasteiger partial charge in [-0.15, -0.1) is 0 Å². The van der Waals surface area contributed by atoms with Crippen LogP contribution in [0, 0.1) is 5.92 Å². The molecule has 0 radical (unpaired) electrons. The molecule has 27 heavy (non-hydrogen) atoms. The summed E-state index contributed by atoms with van der Waals surface area (Å²) in [5, 5.41) is 2.87. The van der Waals surface area contributed by atoms with Crippen LogP contribution in [0.4, 0.5) is 0 Å². The minimum Gasteiger partial charge on any atom is -0.467 e. The highest BCUT2D eigenvalue weighted by Gasteiger charge is 2.23. The molecule has 1 amide bonds. The number of aromatic nitrogens is 1. The molecule has 0 aliphatic carbocycles. The third kappa shape index (κ3) is 6.59. The highest BCUT2D eigenvalue weighted by Crippen LogP contribution is 2.23. The Morgan fingerprint density at radius 2 is 2.00 bits per heavy atom. The fourth-order valence-electron chi connectivity index (χ4n) is 2.28. The van der Waals surface area contributed by atoms with E-state index in [4.69, 9.17) is 9.15 Å². The smallest absolute Gasteiger partial charge is 0.328 e. The molecule has 2 rings (SSSR count). The zero-order valence-electron chi connectivity index (χ0n) is 15.4. The SMILES string of the molecule is COC(=O)[C@H](CC(C)C)NC(=O)COC(=O)CSc1nc2ccccc2o1. The summed E-state index contributed by atoms with van der Waals surface area (Å²) in [6.07, 6.45) is 0.430. The van der Waals surface area contributed by atoms with Gasteiger partial charge >= 0.3 is 11.9 Å². The van der Waals surface area contributed by atoms with Crippen LogP contribution in [-0.2, 0) is 23.9 Å². The Kier molecular flexibility index (Phi) is 7.66. The van der Waals surface area contributed by atoms with E-state index in [0.29, 0.717) is 22.7 Å². The molecule has 0 aliphatic heterocycles. The molecule has 1 atom stereocenters. The van der Waals surface area contributed by atoms with Crippen LogP contribution in [0.3, 0.4) is 0 Å². The Labute approximate surface area is 161 Å². The van der Waals surface area contributed by atoms with Crippen molar-refractivity contribution in [1.29, 1.82) is 0 Å². The van der Waals surface area contributed by atoms with Crippen molar-refractivity contribution in [2.24, 2.45) is 5.92 Å². The monoisotopic (exact) mass is 394 g/mol. The summed E-state index contributed by atoms with van der Waals surface area (Å²) in [5.74, 6) is -1.55. The van der Waals surface area contributed by atoms with Gasteiger partial charge in [0.2, 0.25) is 0 Å². The molecule has 9 heteroatoms. The maximum atomic E-state index is 11.9. The zero-order valence-corrected chi connectivity index (χ0v) is 16.2. The van der Waals surface area contributed by atoms with E-state index in [1.165, 1.54) is 7.11 Å². The first kappa shape index (κ1) is 20.8. The molecule has 0 saturated heterocycles. The lowest BCUT2D eigenvalue weighted by Gasteiger charge is -2.18. The van der Waals surface area contributed by atoms with Crippen molar-refractivity contribution >= 4 is 40.7 Å². The van der Waals surface area contributed by atoms with Crippen LogP contribution in [0.1, 0.15) is 20.3 Å². The predicted molar refractivity (Wildman–Crippen MR) is 99.1 cm³/mol. The Balaban J connectivity index is 1.76. The van der Waals surface area contributed by atoms with E-state index in [9.17, 15) is 14.4 Å². The van der Waals surface area contributed by atoms with Crippen molar-refractivity contribution in [2.45, 2.75) is 31.5 Å². The summed E-state index contributed by atoms with van der Waals surface area (Å²) in [7, 11) is 1.26. The second kappa shape index (κ2) is 9.96. The van der Waals surface area contributed by atoms with E-state index >= 15 is 0 Å². The van der Waals surface area contributed by atoms with Gasteiger partial charge in [-0.2, -0.15) is 0 Å². The molecule has 0 spiro atoms. The highest BCUT2D eigenvalue weighted by molar-refractivity contribution is 7.99. The first-order valence-corrected chi connectivity index (χ1v) is 9.38. The molecule has 8 nitrogen and oxygen atoms in total. The number of carbonyl (C=O) groups excluding carboxylic acids is 3. The number of hydrogen-bond donors (Lipinski definition) is 1. The number of hydrogen-bond acceptors (Lipinski definition) is 8. The van der Waals surface area contributed by atoms with Gasteiger partial charge in [0, 0.05) is 0 Å². The standard InChI is InChI=1S/C18H22N2O6S/c1-11(2)8-13(17(23)24-3)19-15(21)9-25-16(22)10-27-18-20-12-6-4-5-7-14(12)26-18/h4-7,11,13H,8-10H2,1-3H3,(H,19,21)/t13-/m0/s1. The quantitative estimate of drug-likeness (QED) is 0.509. The molecule has 0 aliphatic rings. The number of para-hydroxylation sites is 2. The number of carbonyl (C=O) groups is 3. The average molecular weight is 394 g/mol. The number of amides is 1. The molecule has 1 heterocycles. The molecule has 1 N–H and O–H groups in total. The molecule has 146 valence electrons. The predicted octanol–water partition coefficient (Wildman–Crippen LogP) is 2.17. The summed E-state index contributed by atoms with van der Waals surface area (Å²) in [4.78, 5) is 39.6. The summed E-state index contributed by atoms with van der Waals surface area (Å²) < 4.78 is 15.1. The zero-order chi connectivity index (χ0) is 19.8. The lowest BCUT2D eigenvalue weighted by Crippen LogP contribution is -2.44. The number of rotatable bonds is 9. The summed E-state index contributed by atoms with van der Waals surface area (Å²) >= 11 is 1.08. The molecule has 1 aromatic carbocycles. The van der Waals surface area contributed by atoms with E-state index in [2.05, 4.69) is 15.0 Å². The van der Waals surface area contributed by atoms with Crippen molar-refractivity contribution in [1.82, 2.24) is 10.3 Å². The second-order valence-electron chi connectivity index (χ2n) is 6.17. The summed E-state index contributed by atoms with van der Waals surface area (Å²) in [6, 6.07) is 6.49. The number of nitrogens with one attached hydrogen (secondary N) is 1. The van der Waals surface area contributed by atoms with Gasteiger partial charge in [-0.1, -0.05) is 37.7 Å². The van der Waals surface area contributed by atoms with E-state index in [0.717, 1.165) is 11.8 Å². The maximum Gasteiger partial charge on any atom is 0.328 e. The van der Waals surface area contributed by atoms with Crippen LogP contribution < -0.4 is 5.32 Å². The number of ether oxygens (including phenoxy) is 2. The van der Waals surface area contributed by atoms with Crippen LogP contribution in [0.25, 0.3) is 11.1 Å². The van der Waals surface area contributed by atoms with Crippen LogP contribution in [0.15, 0.2) is 33.9 Å². The lowest BCUT2D eigenvalue weighted by molar-refractivity contribution is -0.149. The number of esters is 2. The van der Waals surface area contributed by atoms with Gasteiger partial charge in [-0.05, 0) is 24.5 Å². The minimum absolute atomic E-state index is 0.0491. The maximum absolute atomic E-state index is 11.9. The lowest BCUT2D eigenvalue weighted by atomic mass is 10.0. The minimum atomic E-state index is -0.768. The highest BCUT2D eigenvalue weighted by atomic mass is 32.2. The van der Waals surface area contributed by atoms with E-state index < -0.39 is 30.5 Å². The first-order valence-electron chi connectivity index (χ1n) is 8.40. The van der Waals surface area contributed by atoms with Crippen LogP contribution in [-0.4, -0.2) is 48.3 Å². The summed E-state index contributed by atoms with van der Waals surface area (Å²) in [6.45, 7) is 3.37. The van der Waals surface area contributed by atoms with Gasteiger partial charge in [-0.25, -0.2) is 9.78 Å². The van der Waals surface area contributed by atoms with E-state index in [1.54, 1.807) is 12.1 Å². The summed E-state index contributed by atoms with van der Waals surface area (Å²) in [5.41, 5.74) is 1.33.